The van der Waals surface area contributed by atoms with Crippen molar-refractivity contribution >= 4 is 23.1 Å². The summed E-state index contributed by atoms with van der Waals surface area (Å²) in [6, 6.07) is 5.77. The fourth-order valence-electron chi connectivity index (χ4n) is 0.972. The maximum Gasteiger partial charge on any atom is 0.234 e. The van der Waals surface area contributed by atoms with Crippen molar-refractivity contribution in [1.82, 2.24) is 14.3 Å². The Bertz CT molecular complexity index is 427. The standard InChI is InChI=1S/C8H6ClN3S/c1-5-3-2-4-6(10-5)7-11-8(9)12-13-7/h2-4H,1H3. The Hall–Kier alpha value is -1.000. The number of rotatable bonds is 1. The molecule has 0 saturated heterocycles. The molecule has 0 spiro atoms. The van der Waals surface area contributed by atoms with Gasteiger partial charge in [0.2, 0.25) is 5.28 Å². The minimum Gasteiger partial charge on any atom is -0.251 e. The summed E-state index contributed by atoms with van der Waals surface area (Å²) >= 11 is 6.87. The predicted molar refractivity (Wildman–Crippen MR) is 52.9 cm³/mol. The zero-order valence-electron chi connectivity index (χ0n) is 6.86. The molecule has 0 N–H and O–H groups in total. The van der Waals surface area contributed by atoms with Gasteiger partial charge in [0, 0.05) is 5.69 Å². The van der Waals surface area contributed by atoms with Crippen molar-refractivity contribution in [2.75, 3.05) is 0 Å². The Morgan fingerprint density at radius 2 is 2.15 bits per heavy atom. The first-order chi connectivity index (χ1) is 6.25. The molecule has 0 aromatic carbocycles. The number of nitrogens with zero attached hydrogens (tertiary/aromatic N) is 3. The summed E-state index contributed by atoms with van der Waals surface area (Å²) in [6.07, 6.45) is 0. The molecule has 0 unspecified atom stereocenters. The van der Waals surface area contributed by atoms with Crippen LogP contribution in [-0.4, -0.2) is 14.3 Å². The summed E-state index contributed by atoms with van der Waals surface area (Å²) in [7, 11) is 0. The van der Waals surface area contributed by atoms with E-state index in [0.717, 1.165) is 16.4 Å². The third-order valence-corrected chi connectivity index (χ3v) is 2.52. The quantitative estimate of drug-likeness (QED) is 0.728. The smallest absolute Gasteiger partial charge is 0.234 e. The molecule has 2 heterocycles. The van der Waals surface area contributed by atoms with E-state index in [1.807, 2.05) is 25.1 Å². The van der Waals surface area contributed by atoms with Gasteiger partial charge in [-0.3, -0.25) is 4.98 Å². The molecule has 0 bridgehead atoms. The van der Waals surface area contributed by atoms with E-state index in [4.69, 9.17) is 11.6 Å². The van der Waals surface area contributed by atoms with Gasteiger partial charge in [-0.2, -0.15) is 4.37 Å². The Balaban J connectivity index is 2.46. The molecule has 0 atom stereocenters. The minimum atomic E-state index is 0.281. The van der Waals surface area contributed by atoms with Crippen LogP contribution < -0.4 is 0 Å². The van der Waals surface area contributed by atoms with Crippen LogP contribution in [0.1, 0.15) is 5.69 Å². The van der Waals surface area contributed by atoms with Crippen LogP contribution in [-0.2, 0) is 0 Å². The molecule has 0 radical (unpaired) electrons. The zero-order valence-corrected chi connectivity index (χ0v) is 8.43. The second-order valence-electron chi connectivity index (χ2n) is 2.53. The van der Waals surface area contributed by atoms with Crippen molar-refractivity contribution in [1.29, 1.82) is 0 Å². The molecular formula is C8H6ClN3S. The van der Waals surface area contributed by atoms with E-state index in [1.54, 1.807) is 0 Å². The number of aryl methyl sites for hydroxylation is 1. The highest BCUT2D eigenvalue weighted by Gasteiger charge is 2.05. The average Bonchev–Trinajstić information content (AvgIpc) is 2.52. The number of aromatic nitrogens is 3. The zero-order chi connectivity index (χ0) is 9.26. The SMILES string of the molecule is Cc1cccc(-c2nc(Cl)ns2)n1. The highest BCUT2D eigenvalue weighted by Crippen LogP contribution is 2.20. The van der Waals surface area contributed by atoms with E-state index in [-0.39, 0.29) is 5.28 Å². The molecule has 5 heteroatoms. The Labute approximate surface area is 84.6 Å². The highest BCUT2D eigenvalue weighted by molar-refractivity contribution is 7.09. The third-order valence-electron chi connectivity index (χ3n) is 1.51. The first kappa shape index (κ1) is 8.59. The van der Waals surface area contributed by atoms with Gasteiger partial charge in [-0.25, -0.2) is 4.98 Å². The van der Waals surface area contributed by atoms with E-state index in [1.165, 1.54) is 11.5 Å². The fourth-order valence-corrected chi connectivity index (χ4v) is 1.75. The van der Waals surface area contributed by atoms with E-state index in [9.17, 15) is 0 Å². The van der Waals surface area contributed by atoms with Gasteiger partial charge in [-0.15, -0.1) is 0 Å². The summed E-state index contributed by atoms with van der Waals surface area (Å²) in [5.74, 6) is 0. The van der Waals surface area contributed by atoms with E-state index < -0.39 is 0 Å². The molecule has 13 heavy (non-hydrogen) atoms. The number of hydrogen-bond donors (Lipinski definition) is 0. The topological polar surface area (TPSA) is 38.7 Å². The molecule has 2 rings (SSSR count). The molecule has 2 aromatic heterocycles. The van der Waals surface area contributed by atoms with Crippen LogP contribution in [0.25, 0.3) is 10.7 Å². The molecule has 0 aliphatic rings. The van der Waals surface area contributed by atoms with Crippen molar-refractivity contribution in [3.05, 3.63) is 29.2 Å². The Kier molecular flexibility index (Phi) is 2.24. The van der Waals surface area contributed by atoms with E-state index >= 15 is 0 Å². The van der Waals surface area contributed by atoms with Crippen LogP contribution in [0.15, 0.2) is 18.2 Å². The predicted octanol–water partition coefficient (Wildman–Crippen LogP) is 2.56. The van der Waals surface area contributed by atoms with Gasteiger partial charge in [-0.05, 0) is 42.2 Å². The number of pyridine rings is 1. The summed E-state index contributed by atoms with van der Waals surface area (Å²) in [4.78, 5) is 8.34. The summed E-state index contributed by atoms with van der Waals surface area (Å²) in [6.45, 7) is 1.94. The van der Waals surface area contributed by atoms with Crippen molar-refractivity contribution in [2.24, 2.45) is 0 Å². The van der Waals surface area contributed by atoms with E-state index in [0.29, 0.717) is 0 Å². The second kappa shape index (κ2) is 3.40. The molecule has 0 saturated carbocycles. The molecule has 0 aliphatic heterocycles. The van der Waals surface area contributed by atoms with Crippen molar-refractivity contribution < 1.29 is 0 Å². The number of hydrogen-bond acceptors (Lipinski definition) is 4. The van der Waals surface area contributed by atoms with Crippen LogP contribution in [0.2, 0.25) is 5.28 Å². The normalized spacial score (nSPS) is 10.3. The lowest BCUT2D eigenvalue weighted by molar-refractivity contribution is 1.19. The second-order valence-corrected chi connectivity index (χ2v) is 3.62. The fraction of sp³-hybridized carbons (Fsp3) is 0.125. The largest absolute Gasteiger partial charge is 0.251 e. The Morgan fingerprint density at radius 1 is 1.31 bits per heavy atom. The van der Waals surface area contributed by atoms with Gasteiger partial charge >= 0.3 is 0 Å². The lowest BCUT2D eigenvalue weighted by atomic mass is 10.3. The molecule has 0 fully saturated rings. The van der Waals surface area contributed by atoms with Crippen molar-refractivity contribution in [3.8, 4) is 10.7 Å². The van der Waals surface area contributed by atoms with Crippen LogP contribution in [0.5, 0.6) is 0 Å². The van der Waals surface area contributed by atoms with Crippen molar-refractivity contribution in [2.45, 2.75) is 6.92 Å². The summed E-state index contributed by atoms with van der Waals surface area (Å²) < 4.78 is 3.88. The molecule has 0 aliphatic carbocycles. The molecule has 3 nitrogen and oxygen atoms in total. The van der Waals surface area contributed by atoms with Gasteiger partial charge in [-0.1, -0.05) is 6.07 Å². The van der Waals surface area contributed by atoms with Gasteiger partial charge in [0.15, 0.2) is 5.01 Å². The lowest BCUT2D eigenvalue weighted by Crippen LogP contribution is -1.84. The van der Waals surface area contributed by atoms with E-state index in [2.05, 4.69) is 14.3 Å². The van der Waals surface area contributed by atoms with Crippen molar-refractivity contribution in [3.63, 3.8) is 0 Å². The Morgan fingerprint density at radius 3 is 2.77 bits per heavy atom. The molecule has 2 aromatic rings. The third kappa shape index (κ3) is 1.84. The van der Waals surface area contributed by atoms with Crippen LogP contribution in [0.4, 0.5) is 0 Å². The molecule has 66 valence electrons. The maximum absolute atomic E-state index is 5.61. The maximum atomic E-state index is 5.61. The lowest BCUT2D eigenvalue weighted by Gasteiger charge is -1.94. The minimum absolute atomic E-state index is 0.281. The van der Waals surface area contributed by atoms with Crippen LogP contribution >= 0.6 is 23.1 Å². The van der Waals surface area contributed by atoms with Gasteiger partial charge in [0.05, 0.1) is 0 Å². The van der Waals surface area contributed by atoms with Crippen LogP contribution in [0, 0.1) is 6.92 Å². The first-order valence-electron chi connectivity index (χ1n) is 3.69. The van der Waals surface area contributed by atoms with Gasteiger partial charge < -0.3 is 0 Å². The first-order valence-corrected chi connectivity index (χ1v) is 4.84. The average molecular weight is 212 g/mol. The van der Waals surface area contributed by atoms with Crippen LogP contribution in [0.3, 0.4) is 0 Å². The van der Waals surface area contributed by atoms with Gasteiger partial charge in [0.25, 0.3) is 0 Å². The highest BCUT2D eigenvalue weighted by atomic mass is 35.5. The summed E-state index contributed by atoms with van der Waals surface area (Å²) in [5.41, 5.74) is 1.79. The molecule has 0 amide bonds. The number of halogens is 1. The molecular weight excluding hydrogens is 206 g/mol. The summed E-state index contributed by atoms with van der Waals surface area (Å²) in [5, 5.41) is 1.04. The monoisotopic (exact) mass is 211 g/mol. The van der Waals surface area contributed by atoms with Gasteiger partial charge in [0.1, 0.15) is 5.69 Å².